The van der Waals surface area contributed by atoms with Crippen LogP contribution in [0.25, 0.3) is 11.1 Å². The third kappa shape index (κ3) is 6.27. The number of aromatic nitrogens is 3. The van der Waals surface area contributed by atoms with E-state index in [0.717, 1.165) is 18.0 Å². The van der Waals surface area contributed by atoms with Crippen LogP contribution in [0.3, 0.4) is 0 Å². The van der Waals surface area contributed by atoms with Crippen molar-refractivity contribution in [2.75, 3.05) is 24.8 Å². The molecule has 0 aliphatic rings. The number of pyridine rings is 1. The van der Waals surface area contributed by atoms with Crippen molar-refractivity contribution in [3.8, 4) is 17.0 Å². The second-order valence-corrected chi connectivity index (χ2v) is 9.42. The largest absolute Gasteiger partial charge is 0.468 e. The summed E-state index contributed by atoms with van der Waals surface area (Å²) >= 11 is 0. The van der Waals surface area contributed by atoms with Gasteiger partial charge in [-0.1, -0.05) is 0 Å². The maximum Gasteiger partial charge on any atom is 0.422 e. The first-order valence-electron chi connectivity index (χ1n) is 9.75. The van der Waals surface area contributed by atoms with Crippen molar-refractivity contribution < 1.29 is 44.3 Å². The number of nitrogens with zero attached hydrogens (tertiary/aromatic N) is 4. The molecule has 192 valence electrons. The predicted octanol–water partition coefficient (Wildman–Crippen LogP) is 4.18. The van der Waals surface area contributed by atoms with Crippen molar-refractivity contribution in [1.29, 1.82) is 0 Å². The van der Waals surface area contributed by atoms with Crippen LogP contribution in [0.15, 0.2) is 53.7 Å². The molecule has 1 amide bonds. The Balaban J connectivity index is 2.08. The van der Waals surface area contributed by atoms with Crippen LogP contribution in [0, 0.1) is 0 Å². The zero-order chi connectivity index (χ0) is 26.9. The molecule has 0 saturated heterocycles. The zero-order valence-corrected chi connectivity index (χ0v) is 19.2. The number of alkyl halides is 6. The third-order valence-electron chi connectivity index (χ3n) is 4.67. The van der Waals surface area contributed by atoms with Gasteiger partial charge < -0.3 is 4.74 Å². The molecule has 0 atom stereocenters. The Bertz CT molecular complexity index is 1390. The standard InChI is InChI=1S/C21H16F6N4O4S/c1-31(19(32)12-8-13(21(25,26)27)10-14(9-12)36(2,33)34)17-15(5-7-29-30-17)16-4-3-6-28-18(16)35-11-20(22,23)24/h3-10H,11H2,1-2H3. The van der Waals surface area contributed by atoms with E-state index in [9.17, 15) is 39.6 Å². The molecule has 2 aromatic heterocycles. The first kappa shape index (κ1) is 26.8. The average Bonchev–Trinajstić information content (AvgIpc) is 2.80. The van der Waals surface area contributed by atoms with Crippen LogP contribution in [-0.4, -0.2) is 55.6 Å². The SMILES string of the molecule is CN(C(=O)c1cc(C(F)(F)F)cc(S(C)(=O)=O)c1)c1nnccc1-c1cccnc1OCC(F)(F)F. The highest BCUT2D eigenvalue weighted by Gasteiger charge is 2.34. The summed E-state index contributed by atoms with van der Waals surface area (Å²) in [7, 11) is -2.99. The topological polar surface area (TPSA) is 102 Å². The third-order valence-corrected chi connectivity index (χ3v) is 5.76. The molecule has 36 heavy (non-hydrogen) atoms. The van der Waals surface area contributed by atoms with E-state index in [4.69, 9.17) is 4.74 Å². The van der Waals surface area contributed by atoms with Gasteiger partial charge in [0.05, 0.1) is 16.7 Å². The van der Waals surface area contributed by atoms with Crippen molar-refractivity contribution in [3.05, 3.63) is 59.9 Å². The molecule has 8 nitrogen and oxygen atoms in total. The zero-order valence-electron chi connectivity index (χ0n) is 18.4. The first-order chi connectivity index (χ1) is 16.6. The van der Waals surface area contributed by atoms with Gasteiger partial charge in [-0.05, 0) is 36.4 Å². The van der Waals surface area contributed by atoms with Gasteiger partial charge in [-0.3, -0.25) is 9.69 Å². The first-order valence-corrected chi connectivity index (χ1v) is 11.6. The number of carbonyl (C=O) groups excluding carboxylic acids is 1. The molecule has 3 aromatic rings. The number of hydrogen-bond donors (Lipinski definition) is 0. The van der Waals surface area contributed by atoms with E-state index in [1.54, 1.807) is 0 Å². The van der Waals surface area contributed by atoms with E-state index < -0.39 is 56.6 Å². The normalized spacial score (nSPS) is 12.3. The quantitative estimate of drug-likeness (QED) is 0.438. The molecule has 3 rings (SSSR count). The van der Waals surface area contributed by atoms with Crippen LogP contribution < -0.4 is 9.64 Å². The van der Waals surface area contributed by atoms with E-state index in [0.29, 0.717) is 18.4 Å². The molecule has 0 unspecified atom stereocenters. The number of amides is 1. The van der Waals surface area contributed by atoms with E-state index in [-0.39, 0.29) is 16.9 Å². The molecule has 0 radical (unpaired) electrons. The lowest BCUT2D eigenvalue weighted by Gasteiger charge is -2.21. The number of halogens is 6. The summed E-state index contributed by atoms with van der Waals surface area (Å²) in [5.74, 6) is -1.79. The van der Waals surface area contributed by atoms with Gasteiger partial charge in [0, 0.05) is 36.2 Å². The van der Waals surface area contributed by atoms with Crippen LogP contribution in [-0.2, 0) is 16.0 Å². The van der Waals surface area contributed by atoms with Crippen molar-refractivity contribution >= 4 is 21.6 Å². The Hall–Kier alpha value is -3.75. The maximum atomic E-state index is 13.4. The van der Waals surface area contributed by atoms with Crippen molar-refractivity contribution in [2.24, 2.45) is 0 Å². The molecular formula is C21H16F6N4O4S. The van der Waals surface area contributed by atoms with Gasteiger partial charge in [-0.2, -0.15) is 31.4 Å². The summed E-state index contributed by atoms with van der Waals surface area (Å²) in [5, 5.41) is 7.44. The van der Waals surface area contributed by atoms with E-state index >= 15 is 0 Å². The molecule has 15 heteroatoms. The van der Waals surface area contributed by atoms with Crippen LogP contribution in [0.4, 0.5) is 32.2 Å². The Morgan fingerprint density at radius 1 is 1.03 bits per heavy atom. The molecule has 0 spiro atoms. The second kappa shape index (κ2) is 9.72. The Morgan fingerprint density at radius 3 is 2.33 bits per heavy atom. The lowest BCUT2D eigenvalue weighted by Crippen LogP contribution is -2.28. The van der Waals surface area contributed by atoms with Gasteiger partial charge in [-0.25, -0.2) is 13.4 Å². The Morgan fingerprint density at radius 2 is 1.72 bits per heavy atom. The molecule has 2 heterocycles. The van der Waals surface area contributed by atoms with Crippen molar-refractivity contribution in [2.45, 2.75) is 17.2 Å². The molecule has 0 bridgehead atoms. The number of carbonyl (C=O) groups is 1. The van der Waals surface area contributed by atoms with Crippen LogP contribution in [0.1, 0.15) is 15.9 Å². The van der Waals surface area contributed by atoms with E-state index in [1.807, 2.05) is 0 Å². The minimum atomic E-state index is -4.95. The Kier molecular flexibility index (Phi) is 7.25. The van der Waals surface area contributed by atoms with Gasteiger partial charge >= 0.3 is 12.4 Å². The van der Waals surface area contributed by atoms with Crippen LogP contribution in [0.2, 0.25) is 0 Å². The number of benzene rings is 1. The van der Waals surface area contributed by atoms with Gasteiger partial charge in [0.2, 0.25) is 5.88 Å². The summed E-state index contributed by atoms with van der Waals surface area (Å²) in [6, 6.07) is 5.67. The highest BCUT2D eigenvalue weighted by molar-refractivity contribution is 7.90. The maximum absolute atomic E-state index is 13.4. The van der Waals surface area contributed by atoms with Crippen molar-refractivity contribution in [1.82, 2.24) is 15.2 Å². The minimum Gasteiger partial charge on any atom is -0.468 e. The average molecular weight is 534 g/mol. The van der Waals surface area contributed by atoms with Gasteiger partial charge in [0.15, 0.2) is 22.3 Å². The highest BCUT2D eigenvalue weighted by atomic mass is 32.2. The summed E-state index contributed by atoms with van der Waals surface area (Å²) in [6.45, 7) is -1.65. The molecule has 1 aromatic carbocycles. The molecule has 0 aliphatic heterocycles. The molecule has 0 N–H and O–H groups in total. The highest BCUT2D eigenvalue weighted by Crippen LogP contribution is 2.36. The van der Waals surface area contributed by atoms with Gasteiger partial charge in [0.25, 0.3) is 5.91 Å². The van der Waals surface area contributed by atoms with Gasteiger partial charge in [0.1, 0.15) is 0 Å². The number of rotatable bonds is 6. The summed E-state index contributed by atoms with van der Waals surface area (Å²) in [6.07, 6.45) is -6.59. The van der Waals surface area contributed by atoms with Gasteiger partial charge in [-0.15, -0.1) is 5.10 Å². The monoisotopic (exact) mass is 534 g/mol. The lowest BCUT2D eigenvalue weighted by atomic mass is 10.1. The number of sulfone groups is 1. The number of ether oxygens (including phenoxy) is 1. The van der Waals surface area contributed by atoms with Crippen LogP contribution >= 0.6 is 0 Å². The number of hydrogen-bond acceptors (Lipinski definition) is 7. The second-order valence-electron chi connectivity index (χ2n) is 7.41. The Labute approximate surface area is 200 Å². The van der Waals surface area contributed by atoms with Crippen LogP contribution in [0.5, 0.6) is 5.88 Å². The molecule has 0 aliphatic carbocycles. The minimum absolute atomic E-state index is 0.00725. The van der Waals surface area contributed by atoms with Crippen molar-refractivity contribution in [3.63, 3.8) is 0 Å². The fourth-order valence-electron chi connectivity index (χ4n) is 3.03. The lowest BCUT2D eigenvalue weighted by molar-refractivity contribution is -0.154. The summed E-state index contributed by atoms with van der Waals surface area (Å²) < 4.78 is 107. The number of anilines is 1. The molecule has 0 saturated carbocycles. The molecular weight excluding hydrogens is 518 g/mol. The molecule has 0 fully saturated rings. The smallest absolute Gasteiger partial charge is 0.422 e. The summed E-state index contributed by atoms with van der Waals surface area (Å²) in [5.41, 5.74) is -1.96. The fourth-order valence-corrected chi connectivity index (χ4v) is 3.72. The summed E-state index contributed by atoms with van der Waals surface area (Å²) in [4.78, 5) is 17.0. The predicted molar refractivity (Wildman–Crippen MR) is 114 cm³/mol. The van der Waals surface area contributed by atoms with E-state index in [2.05, 4.69) is 15.2 Å². The van der Waals surface area contributed by atoms with E-state index in [1.165, 1.54) is 30.6 Å². The fraction of sp³-hybridized carbons (Fsp3) is 0.238.